The molecule has 0 bridgehead atoms. The quantitative estimate of drug-likeness (QED) is 0.169. The van der Waals surface area contributed by atoms with E-state index in [0.29, 0.717) is 0 Å². The van der Waals surface area contributed by atoms with Crippen LogP contribution in [-0.2, 0) is 10.8 Å². The van der Waals surface area contributed by atoms with Crippen molar-refractivity contribution >= 4 is 59.3 Å². The molecule has 0 saturated heterocycles. The van der Waals surface area contributed by atoms with Crippen molar-refractivity contribution in [2.24, 2.45) is 0 Å². The molecule has 1 heterocycles. The summed E-state index contributed by atoms with van der Waals surface area (Å²) < 4.78 is 2.59. The fourth-order valence-corrected chi connectivity index (χ4v) is 11.9. The number of benzene rings is 9. The molecule has 0 atom stereocenters. The van der Waals surface area contributed by atoms with Crippen molar-refractivity contribution in [1.29, 1.82) is 0 Å². The highest BCUT2D eigenvalue weighted by Gasteiger charge is 2.47. The summed E-state index contributed by atoms with van der Waals surface area (Å²) >= 11 is 1.90. The van der Waals surface area contributed by atoms with Gasteiger partial charge in [0.05, 0.1) is 21.5 Å². The van der Waals surface area contributed by atoms with Gasteiger partial charge in [-0.2, -0.15) is 0 Å². The van der Waals surface area contributed by atoms with Crippen LogP contribution >= 0.6 is 11.3 Å². The van der Waals surface area contributed by atoms with Gasteiger partial charge in [-0.15, -0.1) is 11.3 Å². The number of fused-ring (bicyclic) bond motifs is 11. The molecule has 9 aromatic carbocycles. The van der Waals surface area contributed by atoms with E-state index < -0.39 is 5.41 Å². The fourth-order valence-electron chi connectivity index (χ4n) is 10.7. The molecule has 0 aliphatic heterocycles. The maximum atomic E-state index is 2.60. The molecule has 0 unspecified atom stereocenters. The highest BCUT2D eigenvalue weighted by Crippen LogP contribution is 2.60. The molecule has 2 aliphatic carbocycles. The van der Waals surface area contributed by atoms with Gasteiger partial charge in [-0.05, 0) is 91.2 Å². The summed E-state index contributed by atoms with van der Waals surface area (Å²) in [6, 6.07) is 75.0. The van der Waals surface area contributed by atoms with E-state index in [9.17, 15) is 0 Å². The Bertz CT molecular complexity index is 3220. The molecular formula is C56H39NS. The molecule has 12 rings (SSSR count). The van der Waals surface area contributed by atoms with Gasteiger partial charge in [-0.25, -0.2) is 0 Å². The van der Waals surface area contributed by atoms with Crippen LogP contribution in [0.4, 0.5) is 17.1 Å². The van der Waals surface area contributed by atoms with E-state index in [1.165, 1.54) is 98.0 Å². The molecule has 0 radical (unpaired) electrons. The van der Waals surface area contributed by atoms with Gasteiger partial charge in [-0.1, -0.05) is 184 Å². The van der Waals surface area contributed by atoms with Crippen molar-refractivity contribution in [3.8, 4) is 22.3 Å². The van der Waals surface area contributed by atoms with Crippen molar-refractivity contribution in [2.75, 3.05) is 4.90 Å². The summed E-state index contributed by atoms with van der Waals surface area (Å²) in [6.07, 6.45) is 0. The molecule has 2 heteroatoms. The highest BCUT2D eigenvalue weighted by atomic mass is 32.1. The molecule has 10 aromatic rings. The minimum absolute atomic E-state index is 0.188. The summed E-state index contributed by atoms with van der Waals surface area (Å²) in [6.45, 7) is 4.82. The van der Waals surface area contributed by atoms with E-state index in [2.05, 4.69) is 219 Å². The molecule has 2 aliphatic rings. The lowest BCUT2D eigenvalue weighted by Gasteiger charge is -2.35. The van der Waals surface area contributed by atoms with Crippen LogP contribution in [0.2, 0.25) is 0 Å². The van der Waals surface area contributed by atoms with Gasteiger partial charge in [0.25, 0.3) is 0 Å². The van der Waals surface area contributed by atoms with Crippen molar-refractivity contribution < 1.29 is 0 Å². The van der Waals surface area contributed by atoms with Crippen molar-refractivity contribution in [3.05, 3.63) is 234 Å². The molecule has 0 spiro atoms. The van der Waals surface area contributed by atoms with E-state index in [1.54, 1.807) is 0 Å². The van der Waals surface area contributed by atoms with Crippen LogP contribution in [0.3, 0.4) is 0 Å². The van der Waals surface area contributed by atoms with Crippen LogP contribution in [0.15, 0.2) is 200 Å². The predicted molar refractivity (Wildman–Crippen MR) is 246 cm³/mol. The maximum absolute atomic E-state index is 2.60. The Balaban J connectivity index is 1.23. The first-order valence-electron chi connectivity index (χ1n) is 20.3. The fraction of sp³-hybridized carbons (Fsp3) is 0.0714. The summed E-state index contributed by atoms with van der Waals surface area (Å²) in [5, 5.41) is 5.16. The van der Waals surface area contributed by atoms with Gasteiger partial charge in [0.2, 0.25) is 0 Å². The van der Waals surface area contributed by atoms with E-state index >= 15 is 0 Å². The molecule has 0 saturated carbocycles. The summed E-state index contributed by atoms with van der Waals surface area (Å²) in [4.78, 5) is 2.60. The Kier molecular flexibility index (Phi) is 7.13. The minimum atomic E-state index is -0.514. The molecule has 58 heavy (non-hydrogen) atoms. The van der Waals surface area contributed by atoms with Crippen molar-refractivity contribution in [1.82, 2.24) is 0 Å². The SMILES string of the molecule is CC1(C)c2ccccc2-c2c(N(c3ccc4c(c3)C(c3ccccc3)(c3ccccc3)c3ccccc3-4)c3cccc4c3sc3ccccc34)cc3ccccc3c21. The Labute approximate surface area is 343 Å². The Morgan fingerprint density at radius 1 is 0.431 bits per heavy atom. The lowest BCUT2D eigenvalue weighted by atomic mass is 9.67. The lowest BCUT2D eigenvalue weighted by molar-refractivity contribution is 0.666. The average molecular weight is 758 g/mol. The first-order valence-corrected chi connectivity index (χ1v) is 21.1. The molecule has 1 aromatic heterocycles. The van der Waals surface area contributed by atoms with E-state index in [1.807, 2.05) is 11.3 Å². The third-order valence-corrected chi connectivity index (χ3v) is 14.3. The topological polar surface area (TPSA) is 3.24 Å². The van der Waals surface area contributed by atoms with Crippen LogP contribution in [0.1, 0.15) is 47.2 Å². The number of rotatable bonds is 5. The molecule has 274 valence electrons. The second-order valence-corrected chi connectivity index (χ2v) is 17.4. The lowest BCUT2D eigenvalue weighted by Crippen LogP contribution is -2.28. The summed E-state index contributed by atoms with van der Waals surface area (Å²) in [7, 11) is 0. The van der Waals surface area contributed by atoms with Crippen LogP contribution in [0, 0.1) is 0 Å². The second kappa shape index (κ2) is 12.4. The van der Waals surface area contributed by atoms with Gasteiger partial charge in [0, 0.05) is 32.1 Å². The molecular weight excluding hydrogens is 719 g/mol. The van der Waals surface area contributed by atoms with E-state index in [0.717, 1.165) is 5.69 Å². The minimum Gasteiger partial charge on any atom is -0.308 e. The monoisotopic (exact) mass is 757 g/mol. The van der Waals surface area contributed by atoms with Crippen LogP contribution in [0.5, 0.6) is 0 Å². The number of thiophene rings is 1. The number of hydrogen-bond acceptors (Lipinski definition) is 2. The first-order chi connectivity index (χ1) is 28.5. The molecule has 1 nitrogen and oxygen atoms in total. The van der Waals surface area contributed by atoms with Crippen LogP contribution in [0.25, 0.3) is 53.2 Å². The Hall–Kier alpha value is -6.74. The Morgan fingerprint density at radius 2 is 1.03 bits per heavy atom. The highest BCUT2D eigenvalue weighted by molar-refractivity contribution is 7.26. The zero-order valence-electron chi connectivity index (χ0n) is 32.4. The average Bonchev–Trinajstić information content (AvgIpc) is 3.89. The van der Waals surface area contributed by atoms with Gasteiger partial charge >= 0.3 is 0 Å². The number of nitrogens with zero attached hydrogens (tertiary/aromatic N) is 1. The first kappa shape index (κ1) is 33.4. The van der Waals surface area contributed by atoms with Gasteiger partial charge in [-0.3, -0.25) is 0 Å². The van der Waals surface area contributed by atoms with Crippen molar-refractivity contribution in [2.45, 2.75) is 24.7 Å². The third kappa shape index (κ3) is 4.47. The van der Waals surface area contributed by atoms with Gasteiger partial charge in [0.1, 0.15) is 0 Å². The molecule has 0 amide bonds. The standard InChI is InChI=1S/C56H39NS/c1-55(2)46-28-14-12-26-45(46)52-50(34-36-18-9-10-23-40(36)53(52)55)57(49-30-17-27-44-43-25-13-16-31-51(43)58-54(44)49)39-32-33-42-41-24-11-15-29-47(41)56(48(42)35-39,37-19-5-3-6-20-37)38-21-7-4-8-22-38/h3-35H,1-2H3. The maximum Gasteiger partial charge on any atom is 0.0714 e. The molecule has 0 N–H and O–H groups in total. The zero-order chi connectivity index (χ0) is 38.6. The van der Waals surface area contributed by atoms with E-state index in [-0.39, 0.29) is 5.41 Å². The third-order valence-electron chi connectivity index (χ3n) is 13.1. The number of hydrogen-bond donors (Lipinski definition) is 0. The number of anilines is 3. The van der Waals surface area contributed by atoms with Crippen LogP contribution in [-0.4, -0.2) is 0 Å². The Morgan fingerprint density at radius 3 is 1.81 bits per heavy atom. The smallest absolute Gasteiger partial charge is 0.0714 e. The second-order valence-electron chi connectivity index (χ2n) is 16.4. The van der Waals surface area contributed by atoms with E-state index in [4.69, 9.17) is 0 Å². The van der Waals surface area contributed by atoms with Crippen LogP contribution < -0.4 is 4.90 Å². The summed E-state index contributed by atoms with van der Waals surface area (Å²) in [5.74, 6) is 0. The normalized spacial score (nSPS) is 14.3. The largest absolute Gasteiger partial charge is 0.308 e. The van der Waals surface area contributed by atoms with Gasteiger partial charge in [0.15, 0.2) is 0 Å². The summed E-state index contributed by atoms with van der Waals surface area (Å²) in [5.41, 5.74) is 16.0. The predicted octanol–water partition coefficient (Wildman–Crippen LogP) is 15.3. The zero-order valence-corrected chi connectivity index (χ0v) is 33.2. The van der Waals surface area contributed by atoms with Crippen molar-refractivity contribution in [3.63, 3.8) is 0 Å². The molecule has 0 fully saturated rings. The van der Waals surface area contributed by atoms with Gasteiger partial charge < -0.3 is 4.90 Å².